The second-order valence-electron chi connectivity index (χ2n) is 5.35. The minimum atomic E-state index is -0.251. The van der Waals surface area contributed by atoms with E-state index in [0.29, 0.717) is 6.61 Å². The molecule has 0 saturated carbocycles. The number of halogens is 2. The van der Waals surface area contributed by atoms with Crippen molar-refractivity contribution < 1.29 is 4.74 Å². The number of hydrogen-bond donors (Lipinski definition) is 0. The van der Waals surface area contributed by atoms with Gasteiger partial charge in [0.25, 0.3) is 5.56 Å². The molecule has 7 heteroatoms. The van der Waals surface area contributed by atoms with Crippen LogP contribution in [-0.2, 0) is 4.74 Å². The lowest BCUT2D eigenvalue weighted by molar-refractivity contribution is -0.0993. The van der Waals surface area contributed by atoms with Gasteiger partial charge in [0.05, 0.1) is 11.9 Å². The maximum Gasteiger partial charge on any atom is 0.273 e. The molecular weight excluding hydrogens is 319 g/mol. The molecular formula is C13H16Cl2N2O2S. The van der Waals surface area contributed by atoms with Crippen LogP contribution in [0.15, 0.2) is 11.1 Å². The van der Waals surface area contributed by atoms with E-state index in [4.69, 9.17) is 27.9 Å². The molecule has 1 spiro atoms. The first-order valence-electron chi connectivity index (χ1n) is 6.75. The van der Waals surface area contributed by atoms with E-state index in [1.807, 2.05) is 11.8 Å². The summed E-state index contributed by atoms with van der Waals surface area (Å²) in [4.78, 5) is 16.2. The van der Waals surface area contributed by atoms with Crippen LogP contribution in [0.4, 0.5) is 0 Å². The first-order valence-corrected chi connectivity index (χ1v) is 8.66. The Morgan fingerprint density at radius 3 is 2.90 bits per heavy atom. The Kier molecular flexibility index (Phi) is 4.32. The minimum Gasteiger partial charge on any atom is -0.375 e. The largest absolute Gasteiger partial charge is 0.375 e. The molecule has 1 aromatic heterocycles. The molecule has 0 radical (unpaired) electrons. The predicted molar refractivity (Wildman–Crippen MR) is 82.0 cm³/mol. The number of nitrogens with zero attached hydrogens (tertiary/aromatic N) is 2. The summed E-state index contributed by atoms with van der Waals surface area (Å²) in [7, 11) is 0. The van der Waals surface area contributed by atoms with Crippen LogP contribution < -0.4 is 5.56 Å². The molecule has 0 aliphatic carbocycles. The molecule has 1 atom stereocenters. The Balaban J connectivity index is 1.87. The molecule has 2 aliphatic heterocycles. The average Bonchev–Trinajstić information content (AvgIpc) is 2.46. The van der Waals surface area contributed by atoms with Crippen LogP contribution in [0.3, 0.4) is 0 Å². The number of aromatic nitrogens is 2. The molecule has 3 rings (SSSR count). The SMILES string of the molecule is O=c1c(Cl)c(Cl)ncn1C1CCOC2(CCSCC2)C1. The Bertz CT molecular complexity index is 552. The Morgan fingerprint density at radius 1 is 1.40 bits per heavy atom. The van der Waals surface area contributed by atoms with E-state index in [9.17, 15) is 4.79 Å². The van der Waals surface area contributed by atoms with E-state index < -0.39 is 0 Å². The highest BCUT2D eigenvalue weighted by Crippen LogP contribution is 2.41. The summed E-state index contributed by atoms with van der Waals surface area (Å²) >= 11 is 13.7. The number of rotatable bonds is 1. The van der Waals surface area contributed by atoms with Crippen LogP contribution >= 0.6 is 35.0 Å². The van der Waals surface area contributed by atoms with Gasteiger partial charge >= 0.3 is 0 Å². The van der Waals surface area contributed by atoms with Crippen LogP contribution in [-0.4, -0.2) is 33.3 Å². The van der Waals surface area contributed by atoms with Crippen molar-refractivity contribution in [1.82, 2.24) is 9.55 Å². The molecule has 0 N–H and O–H groups in total. The fourth-order valence-corrected chi connectivity index (χ4v) is 4.52. The number of hydrogen-bond acceptors (Lipinski definition) is 4. The summed E-state index contributed by atoms with van der Waals surface area (Å²) in [6, 6.07) is 0.0987. The standard InChI is InChI=1S/C13H16Cl2N2O2S/c14-10-11(15)16-8-17(12(10)18)9-1-4-19-13(7-9)2-5-20-6-3-13/h8-9H,1-7H2. The van der Waals surface area contributed by atoms with Crippen molar-refractivity contribution in [2.45, 2.75) is 37.3 Å². The summed E-state index contributed by atoms with van der Waals surface area (Å²) in [5.41, 5.74) is -0.321. The average molecular weight is 335 g/mol. The molecule has 0 aromatic carbocycles. The number of thioether (sulfide) groups is 1. The van der Waals surface area contributed by atoms with E-state index in [0.717, 1.165) is 37.2 Å². The molecule has 1 aromatic rings. The summed E-state index contributed by atoms with van der Waals surface area (Å²) in [6.07, 6.45) is 5.29. The highest BCUT2D eigenvalue weighted by atomic mass is 35.5. The monoisotopic (exact) mass is 334 g/mol. The topological polar surface area (TPSA) is 44.1 Å². The van der Waals surface area contributed by atoms with Gasteiger partial charge in [-0.2, -0.15) is 11.8 Å². The van der Waals surface area contributed by atoms with Crippen molar-refractivity contribution in [1.29, 1.82) is 0 Å². The Labute approximate surface area is 131 Å². The third kappa shape index (κ3) is 2.73. The van der Waals surface area contributed by atoms with E-state index in [1.54, 1.807) is 4.57 Å². The van der Waals surface area contributed by atoms with Crippen molar-refractivity contribution in [3.8, 4) is 0 Å². The van der Waals surface area contributed by atoms with E-state index >= 15 is 0 Å². The van der Waals surface area contributed by atoms with Gasteiger partial charge in [-0.15, -0.1) is 0 Å². The van der Waals surface area contributed by atoms with Crippen molar-refractivity contribution in [2.75, 3.05) is 18.1 Å². The highest BCUT2D eigenvalue weighted by molar-refractivity contribution is 7.99. The van der Waals surface area contributed by atoms with Gasteiger partial charge in [-0.3, -0.25) is 9.36 Å². The molecule has 3 heterocycles. The molecule has 2 fully saturated rings. The minimum absolute atomic E-state index is 0.00825. The van der Waals surface area contributed by atoms with Crippen molar-refractivity contribution in [2.24, 2.45) is 0 Å². The third-order valence-corrected chi connectivity index (χ3v) is 5.87. The summed E-state index contributed by atoms with van der Waals surface area (Å²) in [5.74, 6) is 2.25. The zero-order chi connectivity index (χ0) is 14.2. The van der Waals surface area contributed by atoms with Gasteiger partial charge in [0, 0.05) is 12.6 Å². The van der Waals surface area contributed by atoms with Gasteiger partial charge in [-0.25, -0.2) is 4.98 Å². The molecule has 110 valence electrons. The van der Waals surface area contributed by atoms with Crippen molar-refractivity contribution in [3.63, 3.8) is 0 Å². The second-order valence-corrected chi connectivity index (χ2v) is 7.31. The van der Waals surface area contributed by atoms with Crippen molar-refractivity contribution >= 4 is 35.0 Å². The van der Waals surface area contributed by atoms with Crippen LogP contribution in [0.2, 0.25) is 10.2 Å². The summed E-state index contributed by atoms with van der Waals surface area (Å²) in [6.45, 7) is 0.683. The lowest BCUT2D eigenvalue weighted by atomic mass is 9.85. The molecule has 4 nitrogen and oxygen atoms in total. The highest BCUT2D eigenvalue weighted by Gasteiger charge is 2.39. The first-order chi connectivity index (χ1) is 9.61. The third-order valence-electron chi connectivity index (χ3n) is 4.16. The first kappa shape index (κ1) is 14.7. The molecule has 1 unspecified atom stereocenters. The fourth-order valence-electron chi connectivity index (χ4n) is 3.01. The molecule has 0 bridgehead atoms. The smallest absolute Gasteiger partial charge is 0.273 e. The van der Waals surface area contributed by atoms with Gasteiger partial charge in [0.2, 0.25) is 0 Å². The van der Waals surface area contributed by atoms with Crippen LogP contribution in [0.25, 0.3) is 0 Å². The van der Waals surface area contributed by atoms with E-state index in [-0.39, 0.29) is 27.4 Å². The van der Waals surface area contributed by atoms with Gasteiger partial charge in [-0.05, 0) is 37.2 Å². The molecule has 2 saturated heterocycles. The maximum atomic E-state index is 12.2. The zero-order valence-electron chi connectivity index (χ0n) is 11.0. The predicted octanol–water partition coefficient (Wildman–Crippen LogP) is 3.17. The fraction of sp³-hybridized carbons (Fsp3) is 0.692. The Hall–Kier alpha value is -0.230. The van der Waals surface area contributed by atoms with Gasteiger partial charge in [0.15, 0.2) is 5.15 Å². The van der Waals surface area contributed by atoms with Crippen LogP contribution in [0.1, 0.15) is 31.7 Å². The normalized spacial score (nSPS) is 25.8. The van der Waals surface area contributed by atoms with Gasteiger partial charge in [-0.1, -0.05) is 23.2 Å². The van der Waals surface area contributed by atoms with Gasteiger partial charge in [0.1, 0.15) is 5.02 Å². The maximum absolute atomic E-state index is 12.2. The second kappa shape index (κ2) is 5.87. The lowest BCUT2D eigenvalue weighted by Gasteiger charge is -2.43. The van der Waals surface area contributed by atoms with Crippen LogP contribution in [0.5, 0.6) is 0 Å². The van der Waals surface area contributed by atoms with Crippen molar-refractivity contribution in [3.05, 3.63) is 26.9 Å². The summed E-state index contributed by atoms with van der Waals surface area (Å²) in [5, 5.41) is 0.0812. The van der Waals surface area contributed by atoms with E-state index in [2.05, 4.69) is 4.98 Å². The number of ether oxygens (including phenoxy) is 1. The van der Waals surface area contributed by atoms with E-state index in [1.165, 1.54) is 6.33 Å². The quantitative estimate of drug-likeness (QED) is 0.740. The zero-order valence-corrected chi connectivity index (χ0v) is 13.3. The molecule has 0 amide bonds. The lowest BCUT2D eigenvalue weighted by Crippen LogP contribution is -2.44. The Morgan fingerprint density at radius 2 is 2.15 bits per heavy atom. The van der Waals surface area contributed by atoms with Gasteiger partial charge < -0.3 is 4.74 Å². The molecule has 20 heavy (non-hydrogen) atoms. The van der Waals surface area contributed by atoms with Crippen LogP contribution in [0, 0.1) is 0 Å². The summed E-state index contributed by atoms with van der Waals surface area (Å²) < 4.78 is 7.67. The molecule has 2 aliphatic rings.